The van der Waals surface area contributed by atoms with Gasteiger partial charge >= 0.3 is 10.2 Å². The first kappa shape index (κ1) is 29.4. The van der Waals surface area contributed by atoms with Crippen LogP contribution in [0.1, 0.15) is 44.9 Å². The van der Waals surface area contributed by atoms with Crippen LogP contribution >= 0.6 is 11.6 Å². The Hall–Kier alpha value is -4.10. The number of nitrogens with two attached hydrogens (primary N) is 1. The van der Waals surface area contributed by atoms with Gasteiger partial charge < -0.3 is 15.5 Å². The van der Waals surface area contributed by atoms with Crippen LogP contribution in [0, 0.1) is 5.82 Å². The van der Waals surface area contributed by atoms with Crippen molar-refractivity contribution in [1.29, 1.82) is 0 Å². The van der Waals surface area contributed by atoms with E-state index >= 15 is 0 Å². The molecule has 11 nitrogen and oxygen atoms in total. The Kier molecular flexibility index (Phi) is 7.66. The molecular formula is C28H30ClFN8O3S. The standard InChI is InChI=1S/C28H30ClFN8O3S/c1-6-22(39)36-12-17(5)37(13-16(36)4)28-19-11-20(29)24(18-9-7-8-10-21(18)30)34-27(19)38(42(40,41)35-28)25-23(15(2)3)32-14-33-26(25)31/h6-11,14-17H,1,12-13H2,2-5H3,(H2,31,32,33)/t16-,17+/m1/s1. The number of halogens is 2. The smallest absolute Gasteiger partial charge is 0.352 e. The van der Waals surface area contributed by atoms with Crippen LogP contribution in [0.25, 0.3) is 11.3 Å². The lowest BCUT2D eigenvalue weighted by atomic mass is 10.0. The molecule has 5 rings (SSSR count). The van der Waals surface area contributed by atoms with Gasteiger partial charge in [0.2, 0.25) is 5.91 Å². The third-order valence-corrected chi connectivity index (χ3v) is 8.80. The van der Waals surface area contributed by atoms with E-state index in [0.717, 1.165) is 4.31 Å². The molecule has 1 amide bonds. The molecule has 0 radical (unpaired) electrons. The average molecular weight is 613 g/mol. The van der Waals surface area contributed by atoms with Crippen LogP contribution in [0.15, 0.2) is 53.7 Å². The van der Waals surface area contributed by atoms with Gasteiger partial charge in [0.15, 0.2) is 17.5 Å². The minimum Gasteiger partial charge on any atom is -0.382 e. The third-order valence-electron chi connectivity index (χ3n) is 7.30. The minimum absolute atomic E-state index is 0.00803. The zero-order chi connectivity index (χ0) is 30.5. The van der Waals surface area contributed by atoms with Crippen molar-refractivity contribution in [3.05, 3.63) is 71.4 Å². The number of nitrogens with zero attached hydrogens (tertiary/aromatic N) is 7. The lowest BCUT2D eigenvalue weighted by Crippen LogP contribution is -2.60. The zero-order valence-electron chi connectivity index (χ0n) is 23.5. The van der Waals surface area contributed by atoms with Gasteiger partial charge in [-0.15, -0.1) is 4.40 Å². The summed E-state index contributed by atoms with van der Waals surface area (Å²) >= 11 is 6.71. The van der Waals surface area contributed by atoms with Gasteiger partial charge in [-0.1, -0.05) is 44.2 Å². The molecule has 2 atom stereocenters. The second kappa shape index (κ2) is 11.0. The van der Waals surface area contributed by atoms with E-state index in [4.69, 9.17) is 17.3 Å². The Morgan fingerprint density at radius 3 is 2.55 bits per heavy atom. The minimum atomic E-state index is -4.54. The molecule has 0 aliphatic carbocycles. The van der Waals surface area contributed by atoms with Crippen molar-refractivity contribution in [3.8, 4) is 11.3 Å². The summed E-state index contributed by atoms with van der Waals surface area (Å²) < 4.78 is 48.3. The monoisotopic (exact) mass is 612 g/mol. The van der Waals surface area contributed by atoms with Crippen molar-refractivity contribution in [3.63, 3.8) is 0 Å². The molecule has 2 aliphatic rings. The van der Waals surface area contributed by atoms with Crippen molar-refractivity contribution in [2.45, 2.75) is 45.7 Å². The van der Waals surface area contributed by atoms with Gasteiger partial charge in [-0.2, -0.15) is 12.7 Å². The highest BCUT2D eigenvalue weighted by Crippen LogP contribution is 2.44. The summed E-state index contributed by atoms with van der Waals surface area (Å²) in [6.45, 7) is 11.5. The van der Waals surface area contributed by atoms with Crippen LogP contribution in [-0.4, -0.2) is 70.1 Å². The van der Waals surface area contributed by atoms with E-state index in [2.05, 4.69) is 25.9 Å². The van der Waals surface area contributed by atoms with Gasteiger partial charge in [-0.3, -0.25) is 4.79 Å². The molecule has 1 fully saturated rings. The van der Waals surface area contributed by atoms with E-state index in [1.807, 2.05) is 27.7 Å². The van der Waals surface area contributed by atoms with E-state index in [1.54, 1.807) is 15.9 Å². The molecule has 1 saturated heterocycles. The zero-order valence-corrected chi connectivity index (χ0v) is 25.1. The first-order valence-electron chi connectivity index (χ1n) is 13.3. The lowest BCUT2D eigenvalue weighted by molar-refractivity contribution is -0.130. The highest BCUT2D eigenvalue weighted by atomic mass is 35.5. The number of aromatic nitrogens is 3. The van der Waals surface area contributed by atoms with Gasteiger partial charge in [-0.05, 0) is 44.0 Å². The summed E-state index contributed by atoms with van der Waals surface area (Å²) in [4.78, 5) is 29.0. The molecule has 42 heavy (non-hydrogen) atoms. The molecule has 0 spiro atoms. The van der Waals surface area contributed by atoms with Crippen molar-refractivity contribution >= 4 is 50.9 Å². The summed E-state index contributed by atoms with van der Waals surface area (Å²) in [5.41, 5.74) is 7.06. The molecule has 0 saturated carbocycles. The fourth-order valence-corrected chi connectivity index (χ4v) is 6.79. The second-order valence-electron chi connectivity index (χ2n) is 10.5. The van der Waals surface area contributed by atoms with Crippen molar-refractivity contribution in [2.75, 3.05) is 23.1 Å². The van der Waals surface area contributed by atoms with Gasteiger partial charge in [0.05, 0.1) is 22.0 Å². The predicted molar refractivity (Wildman–Crippen MR) is 160 cm³/mol. The van der Waals surface area contributed by atoms with Gasteiger partial charge in [0.1, 0.15) is 17.8 Å². The van der Waals surface area contributed by atoms with Crippen LogP contribution in [-0.2, 0) is 15.0 Å². The second-order valence-corrected chi connectivity index (χ2v) is 12.4. The number of benzene rings is 1. The van der Waals surface area contributed by atoms with Crippen LogP contribution < -0.4 is 10.0 Å². The number of rotatable bonds is 4. The number of amidine groups is 1. The van der Waals surface area contributed by atoms with E-state index < -0.39 is 16.0 Å². The number of hydrogen-bond acceptors (Lipinski definition) is 8. The molecule has 2 aliphatic heterocycles. The number of carbonyl (C=O) groups is 1. The molecule has 3 aromatic rings. The Morgan fingerprint density at radius 1 is 1.17 bits per heavy atom. The predicted octanol–water partition coefficient (Wildman–Crippen LogP) is 4.29. The lowest BCUT2D eigenvalue weighted by Gasteiger charge is -2.46. The van der Waals surface area contributed by atoms with Crippen molar-refractivity contribution < 1.29 is 17.6 Å². The highest BCUT2D eigenvalue weighted by molar-refractivity contribution is 7.92. The van der Waals surface area contributed by atoms with E-state index in [0.29, 0.717) is 12.2 Å². The normalized spacial score (nSPS) is 19.9. The van der Waals surface area contributed by atoms with Crippen LogP contribution in [0.3, 0.4) is 0 Å². The van der Waals surface area contributed by atoms with E-state index in [1.165, 1.54) is 36.7 Å². The van der Waals surface area contributed by atoms with Crippen molar-refractivity contribution in [1.82, 2.24) is 24.8 Å². The van der Waals surface area contributed by atoms with Crippen molar-refractivity contribution in [2.24, 2.45) is 4.40 Å². The number of fused-ring (bicyclic) bond motifs is 1. The average Bonchev–Trinajstić information content (AvgIpc) is 2.94. The number of hydrogen-bond donors (Lipinski definition) is 1. The molecule has 2 aromatic heterocycles. The van der Waals surface area contributed by atoms with Crippen LogP contribution in [0.2, 0.25) is 5.02 Å². The maximum Gasteiger partial charge on any atom is 0.352 e. The van der Waals surface area contributed by atoms with E-state index in [9.17, 15) is 17.6 Å². The Balaban J connectivity index is 1.77. The van der Waals surface area contributed by atoms with Crippen LogP contribution in [0.4, 0.5) is 21.7 Å². The largest absolute Gasteiger partial charge is 0.382 e. The molecular weight excluding hydrogens is 583 g/mol. The first-order valence-corrected chi connectivity index (χ1v) is 15.0. The summed E-state index contributed by atoms with van der Waals surface area (Å²) in [6, 6.07) is 6.84. The quantitative estimate of drug-likeness (QED) is 0.431. The van der Waals surface area contributed by atoms with Gasteiger partial charge in [0.25, 0.3) is 0 Å². The fourth-order valence-electron chi connectivity index (χ4n) is 5.26. The number of piperazine rings is 1. The highest BCUT2D eigenvalue weighted by Gasteiger charge is 2.43. The summed E-state index contributed by atoms with van der Waals surface area (Å²) in [5.74, 6) is -1.12. The number of carbonyl (C=O) groups excluding carboxylic acids is 1. The first-order chi connectivity index (χ1) is 19.9. The molecule has 2 N–H and O–H groups in total. The topological polar surface area (TPSA) is 138 Å². The molecule has 220 valence electrons. The SMILES string of the molecule is C=CC(=O)N1C[C@H](C)N(C2=NS(=O)(=O)N(c3c(N)ncnc3C(C)C)c3nc(-c4ccccc4F)c(Cl)cc32)C[C@H]1C. The molecule has 4 heterocycles. The maximum atomic E-state index is 14.9. The molecule has 14 heteroatoms. The maximum absolute atomic E-state index is 14.9. The Labute approximate surface area is 248 Å². The summed E-state index contributed by atoms with van der Waals surface area (Å²) in [7, 11) is -4.54. The molecule has 1 aromatic carbocycles. The molecule has 0 unspecified atom stereocenters. The Morgan fingerprint density at radius 2 is 1.88 bits per heavy atom. The van der Waals surface area contributed by atoms with Gasteiger partial charge in [0, 0.05) is 30.7 Å². The molecule has 0 bridgehead atoms. The number of nitrogen functional groups attached to an aromatic ring is 1. The number of pyridine rings is 1. The van der Waals surface area contributed by atoms with E-state index in [-0.39, 0.29) is 75.5 Å². The Bertz CT molecular complexity index is 1730. The summed E-state index contributed by atoms with van der Waals surface area (Å²) in [6.07, 6.45) is 2.51. The number of amides is 1. The van der Waals surface area contributed by atoms with Crippen LogP contribution in [0.5, 0.6) is 0 Å². The summed E-state index contributed by atoms with van der Waals surface area (Å²) in [5, 5.41) is 0.0911. The van der Waals surface area contributed by atoms with Gasteiger partial charge in [-0.25, -0.2) is 19.3 Å². The fraction of sp³-hybridized carbons (Fsp3) is 0.321. The third kappa shape index (κ3) is 4.96. The number of anilines is 3.